The van der Waals surface area contributed by atoms with Crippen molar-refractivity contribution >= 4 is 5.96 Å². The Morgan fingerprint density at radius 3 is 2.83 bits per heavy atom. The molecule has 1 aromatic heterocycles. The molecule has 7 heteroatoms. The summed E-state index contributed by atoms with van der Waals surface area (Å²) in [6.45, 7) is 12.2. The summed E-state index contributed by atoms with van der Waals surface area (Å²) in [6, 6.07) is 0.868. The summed E-state index contributed by atoms with van der Waals surface area (Å²) in [5.74, 6) is 2.30. The highest BCUT2D eigenvalue weighted by Crippen LogP contribution is 2.10. The van der Waals surface area contributed by atoms with Gasteiger partial charge in [0.15, 0.2) is 5.96 Å². The molecule has 130 valence electrons. The molecule has 2 atom stereocenters. The summed E-state index contributed by atoms with van der Waals surface area (Å²) >= 11 is 0. The molecule has 2 heterocycles. The first-order valence-corrected chi connectivity index (χ1v) is 8.22. The third kappa shape index (κ3) is 4.94. The fraction of sp³-hybridized carbons (Fsp3) is 0.750. The van der Waals surface area contributed by atoms with Crippen molar-refractivity contribution in [3.8, 4) is 0 Å². The van der Waals surface area contributed by atoms with Crippen molar-refractivity contribution in [3.05, 3.63) is 17.3 Å². The molecule has 23 heavy (non-hydrogen) atoms. The van der Waals surface area contributed by atoms with E-state index in [2.05, 4.69) is 39.4 Å². The van der Waals surface area contributed by atoms with Crippen LogP contribution in [0.2, 0.25) is 0 Å². The highest BCUT2D eigenvalue weighted by Gasteiger charge is 2.23. The van der Waals surface area contributed by atoms with Crippen LogP contribution in [0.4, 0.5) is 0 Å². The zero-order valence-electron chi connectivity index (χ0n) is 14.8. The first-order chi connectivity index (χ1) is 11.0. The van der Waals surface area contributed by atoms with Gasteiger partial charge in [-0.2, -0.15) is 0 Å². The molecule has 1 aliphatic rings. The monoisotopic (exact) mass is 323 g/mol. The zero-order valence-corrected chi connectivity index (χ0v) is 14.8. The molecule has 2 rings (SSSR count). The molecular weight excluding hydrogens is 294 g/mol. The normalized spacial score (nSPS) is 21.3. The number of nitrogens with one attached hydrogen (secondary N) is 2. The van der Waals surface area contributed by atoms with Crippen LogP contribution in [0.1, 0.15) is 31.2 Å². The first-order valence-electron chi connectivity index (χ1n) is 8.22. The summed E-state index contributed by atoms with van der Waals surface area (Å²) in [5.41, 5.74) is 0.930. The lowest BCUT2D eigenvalue weighted by atomic mass is 10.2. The number of aliphatic imine (C=N–C) groups is 1. The van der Waals surface area contributed by atoms with Gasteiger partial charge in [0.05, 0.1) is 25.5 Å². The summed E-state index contributed by atoms with van der Waals surface area (Å²) in [7, 11) is 1.77. The number of aromatic nitrogens is 1. The van der Waals surface area contributed by atoms with Gasteiger partial charge in [0.2, 0.25) is 5.89 Å². The smallest absolute Gasteiger partial charge is 0.214 e. The van der Waals surface area contributed by atoms with Crippen LogP contribution in [0.5, 0.6) is 0 Å². The average molecular weight is 323 g/mol. The number of hydrogen-bond donors (Lipinski definition) is 2. The van der Waals surface area contributed by atoms with Gasteiger partial charge in [0.25, 0.3) is 0 Å². The van der Waals surface area contributed by atoms with Crippen LogP contribution in [-0.2, 0) is 11.3 Å². The van der Waals surface area contributed by atoms with Crippen molar-refractivity contribution in [2.45, 2.75) is 46.3 Å². The van der Waals surface area contributed by atoms with Crippen LogP contribution in [0.3, 0.4) is 0 Å². The predicted molar refractivity (Wildman–Crippen MR) is 90.6 cm³/mol. The van der Waals surface area contributed by atoms with E-state index in [4.69, 9.17) is 9.15 Å². The molecule has 1 aromatic rings. The lowest BCUT2D eigenvalue weighted by molar-refractivity contribution is -0.0174. The second-order valence-electron chi connectivity index (χ2n) is 6.07. The summed E-state index contributed by atoms with van der Waals surface area (Å²) < 4.78 is 11.1. The van der Waals surface area contributed by atoms with Gasteiger partial charge in [-0.05, 0) is 27.7 Å². The van der Waals surface area contributed by atoms with Crippen molar-refractivity contribution in [2.75, 3.05) is 33.4 Å². The zero-order chi connectivity index (χ0) is 16.8. The summed E-state index contributed by atoms with van der Waals surface area (Å²) in [6.07, 6.45) is 0. The fourth-order valence-corrected chi connectivity index (χ4v) is 2.75. The minimum atomic E-state index is 0.415. The van der Waals surface area contributed by atoms with Crippen LogP contribution in [0.15, 0.2) is 9.41 Å². The van der Waals surface area contributed by atoms with E-state index in [1.807, 2.05) is 13.8 Å². The number of ether oxygens (including phenoxy) is 1. The number of hydrogen-bond acceptors (Lipinski definition) is 5. The van der Waals surface area contributed by atoms with E-state index in [0.29, 0.717) is 24.5 Å². The van der Waals surface area contributed by atoms with Gasteiger partial charge in [0.1, 0.15) is 5.76 Å². The first kappa shape index (κ1) is 17.7. The Bertz CT molecular complexity index is 509. The predicted octanol–water partition coefficient (Wildman–Crippen LogP) is 1.07. The summed E-state index contributed by atoms with van der Waals surface area (Å²) in [5, 5.41) is 6.60. The maximum atomic E-state index is 5.57. The maximum Gasteiger partial charge on any atom is 0.214 e. The van der Waals surface area contributed by atoms with E-state index >= 15 is 0 Å². The molecule has 0 spiro atoms. The van der Waals surface area contributed by atoms with Crippen LogP contribution in [0.25, 0.3) is 0 Å². The second kappa shape index (κ2) is 8.31. The van der Waals surface area contributed by atoms with Gasteiger partial charge >= 0.3 is 0 Å². The van der Waals surface area contributed by atoms with E-state index in [9.17, 15) is 0 Å². The molecule has 1 aliphatic heterocycles. The molecule has 0 aliphatic carbocycles. The third-order valence-corrected chi connectivity index (χ3v) is 4.25. The lowest BCUT2D eigenvalue weighted by Gasteiger charge is -2.38. The highest BCUT2D eigenvalue weighted by atomic mass is 16.5. The molecule has 1 saturated heterocycles. The van der Waals surface area contributed by atoms with E-state index in [0.717, 1.165) is 43.7 Å². The Balaban J connectivity index is 1.78. The largest absolute Gasteiger partial charge is 0.444 e. The van der Waals surface area contributed by atoms with Gasteiger partial charge < -0.3 is 19.8 Å². The Hall–Kier alpha value is -1.60. The Kier molecular flexibility index (Phi) is 6.41. The van der Waals surface area contributed by atoms with Crippen molar-refractivity contribution in [2.24, 2.45) is 4.99 Å². The van der Waals surface area contributed by atoms with Crippen molar-refractivity contribution in [3.63, 3.8) is 0 Å². The minimum Gasteiger partial charge on any atom is -0.444 e. The number of nitrogens with zero attached hydrogens (tertiary/aromatic N) is 3. The van der Waals surface area contributed by atoms with E-state index in [1.165, 1.54) is 0 Å². The molecular formula is C16H29N5O2. The molecule has 0 radical (unpaired) electrons. The van der Waals surface area contributed by atoms with Crippen molar-refractivity contribution in [1.82, 2.24) is 20.5 Å². The highest BCUT2D eigenvalue weighted by molar-refractivity contribution is 5.79. The molecule has 2 unspecified atom stereocenters. The topological polar surface area (TPSA) is 74.9 Å². The molecule has 0 amide bonds. The van der Waals surface area contributed by atoms with Crippen molar-refractivity contribution < 1.29 is 9.15 Å². The molecule has 1 fully saturated rings. The van der Waals surface area contributed by atoms with E-state index in [-0.39, 0.29) is 0 Å². The Morgan fingerprint density at radius 1 is 1.43 bits per heavy atom. The quantitative estimate of drug-likeness (QED) is 0.623. The maximum absolute atomic E-state index is 5.57. The number of guanidine groups is 1. The fourth-order valence-electron chi connectivity index (χ4n) is 2.75. The molecule has 7 nitrogen and oxygen atoms in total. The SMILES string of the molecule is CN=C(NCc1nc(C)c(C)o1)NCC(C)N1CCOCC1C. The molecule has 0 bridgehead atoms. The molecule has 0 saturated carbocycles. The second-order valence-corrected chi connectivity index (χ2v) is 6.07. The standard InChI is InChI=1S/C16H29N5O2/c1-11(21-6-7-22-10-12(21)2)8-18-16(17-5)19-9-15-20-13(3)14(4)23-15/h11-12H,6-10H2,1-5H3,(H2,17,18,19). The average Bonchev–Trinajstić information content (AvgIpc) is 2.86. The van der Waals surface area contributed by atoms with E-state index in [1.54, 1.807) is 7.05 Å². The van der Waals surface area contributed by atoms with Crippen LogP contribution in [0, 0.1) is 13.8 Å². The van der Waals surface area contributed by atoms with Gasteiger partial charge in [-0.15, -0.1) is 0 Å². The van der Waals surface area contributed by atoms with Crippen LogP contribution >= 0.6 is 0 Å². The van der Waals surface area contributed by atoms with Crippen LogP contribution < -0.4 is 10.6 Å². The number of aryl methyl sites for hydroxylation is 2. The third-order valence-electron chi connectivity index (χ3n) is 4.25. The van der Waals surface area contributed by atoms with E-state index < -0.39 is 0 Å². The number of morpholine rings is 1. The van der Waals surface area contributed by atoms with Gasteiger partial charge in [-0.3, -0.25) is 9.89 Å². The van der Waals surface area contributed by atoms with Crippen LogP contribution in [-0.4, -0.2) is 61.3 Å². The Labute approximate surface area is 138 Å². The minimum absolute atomic E-state index is 0.415. The summed E-state index contributed by atoms with van der Waals surface area (Å²) in [4.78, 5) is 11.1. The van der Waals surface area contributed by atoms with Gasteiger partial charge in [0, 0.05) is 32.2 Å². The van der Waals surface area contributed by atoms with Gasteiger partial charge in [-0.1, -0.05) is 0 Å². The van der Waals surface area contributed by atoms with Crippen molar-refractivity contribution in [1.29, 1.82) is 0 Å². The number of rotatable bonds is 5. The Morgan fingerprint density at radius 2 is 2.22 bits per heavy atom. The number of oxazole rings is 1. The molecule has 0 aromatic carbocycles. The molecule has 2 N–H and O–H groups in total. The van der Waals surface area contributed by atoms with Gasteiger partial charge in [-0.25, -0.2) is 4.98 Å². The lowest BCUT2D eigenvalue weighted by Crippen LogP contribution is -2.52.